The van der Waals surface area contributed by atoms with Gasteiger partial charge in [-0.3, -0.25) is 4.79 Å². The summed E-state index contributed by atoms with van der Waals surface area (Å²) in [5, 5.41) is 10.8. The van der Waals surface area contributed by atoms with E-state index in [1.807, 2.05) is 30.3 Å². The number of methoxy groups -OCH3 is 1. The van der Waals surface area contributed by atoms with Crippen LogP contribution in [-0.4, -0.2) is 33.8 Å². The van der Waals surface area contributed by atoms with Crippen LogP contribution >= 0.6 is 11.6 Å². The number of nitrogens with one attached hydrogen (secondary N) is 2. The summed E-state index contributed by atoms with van der Waals surface area (Å²) in [6.45, 7) is 1.78. The van der Waals surface area contributed by atoms with Crippen LogP contribution < -0.4 is 10.6 Å². The maximum absolute atomic E-state index is 13.3. The largest absolute Gasteiger partial charge is 0.463 e. The van der Waals surface area contributed by atoms with Gasteiger partial charge >= 0.3 is 5.97 Å². The number of aromatic nitrogens is 3. The quantitative estimate of drug-likeness (QED) is 0.621. The zero-order chi connectivity index (χ0) is 21.3. The van der Waals surface area contributed by atoms with Gasteiger partial charge in [-0.15, -0.1) is 5.10 Å². The van der Waals surface area contributed by atoms with Gasteiger partial charge in [0.1, 0.15) is 6.04 Å². The minimum absolute atomic E-state index is 0.0897. The number of allylic oxidation sites excluding steroid dienone is 1. The highest BCUT2D eigenvalue weighted by Gasteiger charge is 2.35. The number of carbonyl (C=O) groups is 2. The van der Waals surface area contributed by atoms with Gasteiger partial charge in [0.25, 0.3) is 11.7 Å². The van der Waals surface area contributed by atoms with E-state index in [1.165, 1.54) is 11.8 Å². The average Bonchev–Trinajstić information content (AvgIpc) is 3.18. The zero-order valence-electron chi connectivity index (χ0n) is 16.2. The molecule has 0 radical (unpaired) electrons. The topological polar surface area (TPSA) is 98.1 Å². The second-order valence-corrected chi connectivity index (χ2v) is 7.07. The fraction of sp³-hybridized carbons (Fsp3) is 0.143. The van der Waals surface area contributed by atoms with Crippen LogP contribution in [0.15, 0.2) is 65.9 Å². The Balaban J connectivity index is 1.77. The molecule has 0 saturated heterocycles. The molecule has 0 aliphatic carbocycles. The molecule has 1 aliphatic heterocycles. The molecule has 2 heterocycles. The highest BCUT2D eigenvalue weighted by molar-refractivity contribution is 6.30. The summed E-state index contributed by atoms with van der Waals surface area (Å²) in [5.41, 5.74) is 2.48. The lowest BCUT2D eigenvalue weighted by Crippen LogP contribution is -2.31. The Morgan fingerprint density at radius 3 is 2.50 bits per heavy atom. The number of esters is 1. The molecule has 3 aromatic rings. The van der Waals surface area contributed by atoms with Gasteiger partial charge in [-0.1, -0.05) is 41.9 Å². The number of carbonyl (C=O) groups excluding carboxylic acids is 2. The number of rotatable bonds is 4. The number of hydrogen-bond acceptors (Lipinski definition) is 6. The van der Waals surface area contributed by atoms with Crippen molar-refractivity contribution in [3.8, 4) is 0 Å². The first-order valence-corrected chi connectivity index (χ1v) is 9.50. The van der Waals surface area contributed by atoms with Crippen LogP contribution in [0.1, 0.15) is 29.1 Å². The zero-order valence-corrected chi connectivity index (χ0v) is 17.0. The molecule has 0 saturated carbocycles. The molecule has 1 aromatic heterocycles. The Morgan fingerprint density at radius 2 is 1.83 bits per heavy atom. The molecule has 8 nitrogen and oxygen atoms in total. The Morgan fingerprint density at radius 1 is 1.13 bits per heavy atom. The predicted molar refractivity (Wildman–Crippen MR) is 112 cm³/mol. The van der Waals surface area contributed by atoms with Crippen molar-refractivity contribution in [2.45, 2.75) is 13.0 Å². The van der Waals surface area contributed by atoms with Crippen molar-refractivity contribution < 1.29 is 14.3 Å². The van der Waals surface area contributed by atoms with E-state index in [2.05, 4.69) is 20.7 Å². The summed E-state index contributed by atoms with van der Waals surface area (Å²) in [6.07, 6.45) is 0. The number of benzene rings is 2. The Labute approximate surface area is 177 Å². The van der Waals surface area contributed by atoms with E-state index in [1.54, 1.807) is 31.2 Å². The van der Waals surface area contributed by atoms with Crippen LogP contribution in [0.4, 0.5) is 11.6 Å². The molecule has 1 amide bonds. The fourth-order valence-corrected chi connectivity index (χ4v) is 3.42. The summed E-state index contributed by atoms with van der Waals surface area (Å²) in [7, 11) is 1.26. The monoisotopic (exact) mass is 423 g/mol. The van der Waals surface area contributed by atoms with Crippen LogP contribution in [0, 0.1) is 0 Å². The molecule has 9 heteroatoms. The minimum atomic E-state index is -0.657. The van der Waals surface area contributed by atoms with Crippen molar-refractivity contribution in [2.75, 3.05) is 17.7 Å². The highest BCUT2D eigenvalue weighted by Crippen LogP contribution is 2.35. The highest BCUT2D eigenvalue weighted by atomic mass is 35.5. The molecule has 0 spiro atoms. The number of amides is 1. The number of halogens is 1. The first-order chi connectivity index (χ1) is 14.5. The number of fused-ring (bicyclic) bond motifs is 1. The second kappa shape index (κ2) is 8.00. The molecule has 2 aromatic carbocycles. The van der Waals surface area contributed by atoms with Gasteiger partial charge in [-0.05, 0) is 36.8 Å². The molecule has 4 rings (SSSR count). The molecule has 0 fully saturated rings. The summed E-state index contributed by atoms with van der Waals surface area (Å²) in [5.74, 6) is -0.704. The SMILES string of the molecule is COC(=O)c1nc2n(n1)C(c1ccccc1)C(C(=O)Nc1ccc(Cl)cc1)=C(C)N2. The van der Waals surface area contributed by atoms with Gasteiger partial charge in [0.2, 0.25) is 5.95 Å². The molecule has 1 unspecified atom stereocenters. The smallest absolute Gasteiger partial charge is 0.378 e. The van der Waals surface area contributed by atoms with Crippen molar-refractivity contribution >= 4 is 35.1 Å². The Hall–Kier alpha value is -3.65. The number of ether oxygens (including phenoxy) is 1. The van der Waals surface area contributed by atoms with E-state index in [-0.39, 0.29) is 11.7 Å². The van der Waals surface area contributed by atoms with Gasteiger partial charge in [0, 0.05) is 16.4 Å². The molecule has 1 atom stereocenters. The maximum Gasteiger partial charge on any atom is 0.378 e. The number of hydrogen-bond donors (Lipinski definition) is 2. The predicted octanol–water partition coefficient (Wildman–Crippen LogP) is 3.65. The normalized spacial score (nSPS) is 15.2. The van der Waals surface area contributed by atoms with Crippen LogP contribution in [-0.2, 0) is 9.53 Å². The van der Waals surface area contributed by atoms with Crippen molar-refractivity contribution in [1.82, 2.24) is 14.8 Å². The van der Waals surface area contributed by atoms with E-state index in [0.717, 1.165) is 5.56 Å². The van der Waals surface area contributed by atoms with E-state index >= 15 is 0 Å². The number of nitrogens with zero attached hydrogens (tertiary/aromatic N) is 3. The van der Waals surface area contributed by atoms with E-state index in [0.29, 0.717) is 27.9 Å². The van der Waals surface area contributed by atoms with Crippen LogP contribution in [0.3, 0.4) is 0 Å². The van der Waals surface area contributed by atoms with E-state index < -0.39 is 12.0 Å². The van der Waals surface area contributed by atoms with Gasteiger partial charge in [-0.2, -0.15) is 4.98 Å². The first-order valence-electron chi connectivity index (χ1n) is 9.12. The van der Waals surface area contributed by atoms with Gasteiger partial charge < -0.3 is 15.4 Å². The van der Waals surface area contributed by atoms with Crippen molar-refractivity contribution in [2.24, 2.45) is 0 Å². The van der Waals surface area contributed by atoms with E-state index in [9.17, 15) is 9.59 Å². The van der Waals surface area contributed by atoms with Crippen molar-refractivity contribution in [1.29, 1.82) is 0 Å². The molecular formula is C21H18ClN5O3. The maximum atomic E-state index is 13.3. The van der Waals surface area contributed by atoms with Crippen molar-refractivity contribution in [3.05, 3.63) is 82.3 Å². The lowest BCUT2D eigenvalue weighted by atomic mass is 9.95. The summed E-state index contributed by atoms with van der Waals surface area (Å²) in [6, 6.07) is 15.7. The van der Waals surface area contributed by atoms with Crippen LogP contribution in [0.25, 0.3) is 0 Å². The first kappa shape index (κ1) is 19.7. The molecule has 2 N–H and O–H groups in total. The summed E-state index contributed by atoms with van der Waals surface area (Å²) in [4.78, 5) is 29.4. The van der Waals surface area contributed by atoms with Crippen molar-refractivity contribution in [3.63, 3.8) is 0 Å². The summed E-state index contributed by atoms with van der Waals surface area (Å²) >= 11 is 5.93. The number of anilines is 2. The molecule has 1 aliphatic rings. The summed E-state index contributed by atoms with van der Waals surface area (Å²) < 4.78 is 6.26. The van der Waals surface area contributed by atoms with Gasteiger partial charge in [-0.25, -0.2) is 9.48 Å². The second-order valence-electron chi connectivity index (χ2n) is 6.63. The Kier molecular flexibility index (Phi) is 5.24. The molecule has 0 bridgehead atoms. The lowest BCUT2D eigenvalue weighted by Gasteiger charge is -2.28. The molecule has 30 heavy (non-hydrogen) atoms. The van der Waals surface area contributed by atoms with Crippen LogP contribution in [0.2, 0.25) is 5.02 Å². The van der Waals surface area contributed by atoms with Crippen LogP contribution in [0.5, 0.6) is 0 Å². The molecular weight excluding hydrogens is 406 g/mol. The minimum Gasteiger partial charge on any atom is -0.463 e. The Bertz CT molecular complexity index is 1140. The lowest BCUT2D eigenvalue weighted by molar-refractivity contribution is -0.113. The van der Waals surface area contributed by atoms with Gasteiger partial charge in [0.15, 0.2) is 0 Å². The molecule has 152 valence electrons. The van der Waals surface area contributed by atoms with Gasteiger partial charge in [0.05, 0.1) is 12.7 Å². The standard InChI is InChI=1S/C21H18ClN5O3/c1-12-16(19(28)24-15-10-8-14(22)9-11-15)17(13-6-4-3-5-7-13)27-21(23-12)25-18(26-27)20(29)30-2/h3-11,17H,1-2H3,(H,24,28)(H,23,25,26). The third kappa shape index (κ3) is 3.65. The third-order valence-corrected chi connectivity index (χ3v) is 4.93. The third-order valence-electron chi connectivity index (χ3n) is 4.68. The fourth-order valence-electron chi connectivity index (χ4n) is 3.30. The average molecular weight is 424 g/mol. The van der Waals surface area contributed by atoms with E-state index in [4.69, 9.17) is 16.3 Å².